The first-order valence-electron chi connectivity index (χ1n) is 7.65. The highest BCUT2D eigenvalue weighted by Gasteiger charge is 2.38. The monoisotopic (exact) mass is 299 g/mol. The van der Waals surface area contributed by atoms with Gasteiger partial charge in [0, 0.05) is 11.4 Å². The average Bonchev–Trinajstić information content (AvgIpc) is 2.88. The molecular formula is C17H21N3S. The molecule has 0 aromatic heterocycles. The molecule has 1 spiro atoms. The minimum atomic E-state index is 0.195. The Balaban J connectivity index is 1.64. The van der Waals surface area contributed by atoms with Crippen LogP contribution in [-0.4, -0.2) is 16.5 Å². The van der Waals surface area contributed by atoms with E-state index in [9.17, 15) is 0 Å². The molecule has 0 bridgehead atoms. The average molecular weight is 299 g/mol. The molecule has 110 valence electrons. The number of hydrogen-bond donors (Lipinski definition) is 1. The van der Waals surface area contributed by atoms with Crippen LogP contribution in [0.15, 0.2) is 29.3 Å². The van der Waals surface area contributed by atoms with Crippen molar-refractivity contribution in [3.05, 3.63) is 29.8 Å². The summed E-state index contributed by atoms with van der Waals surface area (Å²) in [6.07, 6.45) is 5.54. The Morgan fingerprint density at radius 3 is 2.71 bits per heavy atom. The van der Waals surface area contributed by atoms with Gasteiger partial charge in [-0.1, -0.05) is 30.8 Å². The molecule has 21 heavy (non-hydrogen) atoms. The van der Waals surface area contributed by atoms with Gasteiger partial charge in [0.15, 0.2) is 5.17 Å². The van der Waals surface area contributed by atoms with Gasteiger partial charge in [0.05, 0.1) is 18.0 Å². The summed E-state index contributed by atoms with van der Waals surface area (Å²) in [4.78, 5) is 4.98. The standard InChI is InChI=1S/C17H21N3S/c1-13-6-9-17(10-7-13)12-21-16(20-17)19-15-4-2-14(3-5-15)8-11-18/h2-5,13H,6-10,12H2,1H3,(H,19,20). The van der Waals surface area contributed by atoms with E-state index in [1.807, 2.05) is 36.0 Å². The van der Waals surface area contributed by atoms with E-state index >= 15 is 0 Å². The Labute approximate surface area is 130 Å². The normalized spacial score (nSPS) is 28.2. The summed E-state index contributed by atoms with van der Waals surface area (Å²) in [6, 6.07) is 10.2. The molecule has 0 saturated heterocycles. The number of thioether (sulfide) groups is 1. The van der Waals surface area contributed by atoms with E-state index in [1.165, 1.54) is 25.7 Å². The molecule has 1 heterocycles. The van der Waals surface area contributed by atoms with E-state index in [0.717, 1.165) is 28.1 Å². The molecular weight excluding hydrogens is 278 g/mol. The largest absolute Gasteiger partial charge is 0.335 e. The second kappa shape index (κ2) is 6.11. The maximum absolute atomic E-state index is 8.69. The lowest BCUT2D eigenvalue weighted by Crippen LogP contribution is -2.32. The van der Waals surface area contributed by atoms with Crippen molar-refractivity contribution in [1.82, 2.24) is 0 Å². The number of nitrogens with one attached hydrogen (secondary N) is 1. The van der Waals surface area contributed by atoms with Crippen molar-refractivity contribution in [3.8, 4) is 6.07 Å². The van der Waals surface area contributed by atoms with Gasteiger partial charge in [-0.3, -0.25) is 4.99 Å². The number of hydrogen-bond acceptors (Lipinski definition) is 4. The quantitative estimate of drug-likeness (QED) is 0.889. The van der Waals surface area contributed by atoms with Gasteiger partial charge in [-0.05, 0) is 49.3 Å². The summed E-state index contributed by atoms with van der Waals surface area (Å²) in [5.74, 6) is 1.98. The maximum Gasteiger partial charge on any atom is 0.161 e. The van der Waals surface area contributed by atoms with Crippen LogP contribution in [0.5, 0.6) is 0 Å². The smallest absolute Gasteiger partial charge is 0.161 e. The predicted octanol–water partition coefficient (Wildman–Crippen LogP) is 4.22. The third-order valence-electron chi connectivity index (χ3n) is 4.51. The lowest BCUT2D eigenvalue weighted by molar-refractivity contribution is 0.273. The molecule has 2 aliphatic rings. The van der Waals surface area contributed by atoms with Gasteiger partial charge in [-0.15, -0.1) is 0 Å². The van der Waals surface area contributed by atoms with Crippen LogP contribution in [0.4, 0.5) is 5.69 Å². The highest BCUT2D eigenvalue weighted by atomic mass is 32.2. The van der Waals surface area contributed by atoms with Crippen molar-refractivity contribution in [2.24, 2.45) is 10.9 Å². The van der Waals surface area contributed by atoms with Gasteiger partial charge in [-0.25, -0.2) is 0 Å². The van der Waals surface area contributed by atoms with E-state index in [0.29, 0.717) is 6.42 Å². The molecule has 1 aliphatic heterocycles. The van der Waals surface area contributed by atoms with Crippen LogP contribution in [-0.2, 0) is 6.42 Å². The van der Waals surface area contributed by atoms with Crippen molar-refractivity contribution in [2.75, 3.05) is 11.1 Å². The van der Waals surface area contributed by atoms with E-state index in [2.05, 4.69) is 18.3 Å². The van der Waals surface area contributed by atoms with E-state index in [1.54, 1.807) is 0 Å². The fraction of sp³-hybridized carbons (Fsp3) is 0.529. The topological polar surface area (TPSA) is 48.2 Å². The first-order valence-corrected chi connectivity index (χ1v) is 8.63. The molecule has 1 aromatic rings. The van der Waals surface area contributed by atoms with Crippen LogP contribution >= 0.6 is 11.8 Å². The number of amidine groups is 1. The lowest BCUT2D eigenvalue weighted by atomic mass is 9.79. The zero-order valence-electron chi connectivity index (χ0n) is 12.4. The van der Waals surface area contributed by atoms with Crippen molar-refractivity contribution in [3.63, 3.8) is 0 Å². The van der Waals surface area contributed by atoms with Gasteiger partial charge in [0.25, 0.3) is 0 Å². The van der Waals surface area contributed by atoms with Crippen molar-refractivity contribution in [1.29, 1.82) is 5.26 Å². The van der Waals surface area contributed by atoms with Gasteiger partial charge >= 0.3 is 0 Å². The van der Waals surface area contributed by atoms with Crippen LogP contribution in [0.3, 0.4) is 0 Å². The zero-order chi connectivity index (χ0) is 14.7. The summed E-state index contributed by atoms with van der Waals surface area (Å²) in [6.45, 7) is 2.35. The Bertz CT molecular complexity index is 563. The molecule has 1 fully saturated rings. The van der Waals surface area contributed by atoms with Gasteiger partial charge in [0.1, 0.15) is 0 Å². The molecule has 0 radical (unpaired) electrons. The highest BCUT2D eigenvalue weighted by Crippen LogP contribution is 2.41. The molecule has 4 heteroatoms. The van der Waals surface area contributed by atoms with Crippen molar-refractivity contribution in [2.45, 2.75) is 44.6 Å². The van der Waals surface area contributed by atoms with E-state index in [4.69, 9.17) is 10.3 Å². The van der Waals surface area contributed by atoms with Gasteiger partial charge < -0.3 is 5.32 Å². The fourth-order valence-corrected chi connectivity index (χ4v) is 4.23. The first kappa shape index (κ1) is 14.5. The fourth-order valence-electron chi connectivity index (χ4n) is 3.02. The summed E-state index contributed by atoms with van der Waals surface area (Å²) in [5, 5.41) is 13.2. The van der Waals surface area contributed by atoms with Crippen LogP contribution in [0.25, 0.3) is 0 Å². The van der Waals surface area contributed by atoms with E-state index < -0.39 is 0 Å². The predicted molar refractivity (Wildman–Crippen MR) is 89.6 cm³/mol. The molecule has 3 nitrogen and oxygen atoms in total. The summed E-state index contributed by atoms with van der Waals surface area (Å²) < 4.78 is 0. The Morgan fingerprint density at radius 1 is 1.33 bits per heavy atom. The summed E-state index contributed by atoms with van der Waals surface area (Å²) >= 11 is 1.84. The Morgan fingerprint density at radius 2 is 2.05 bits per heavy atom. The number of nitrogens with zero attached hydrogens (tertiary/aromatic N) is 2. The zero-order valence-corrected chi connectivity index (χ0v) is 13.2. The van der Waals surface area contributed by atoms with Crippen LogP contribution < -0.4 is 5.32 Å². The third kappa shape index (κ3) is 3.41. The molecule has 1 aliphatic carbocycles. The second-order valence-corrected chi connectivity index (χ2v) is 7.23. The molecule has 0 atom stereocenters. The molecule has 1 aromatic carbocycles. The Kier molecular flexibility index (Phi) is 4.21. The van der Waals surface area contributed by atoms with Crippen molar-refractivity contribution >= 4 is 22.6 Å². The summed E-state index contributed by atoms with van der Waals surface area (Å²) in [7, 11) is 0. The minimum Gasteiger partial charge on any atom is -0.335 e. The van der Waals surface area contributed by atoms with Crippen LogP contribution in [0.2, 0.25) is 0 Å². The molecule has 1 saturated carbocycles. The number of nitriles is 1. The van der Waals surface area contributed by atoms with E-state index in [-0.39, 0.29) is 5.54 Å². The van der Waals surface area contributed by atoms with Crippen LogP contribution in [0.1, 0.15) is 38.2 Å². The molecule has 0 unspecified atom stereocenters. The number of aliphatic imine (C=N–C) groups is 1. The van der Waals surface area contributed by atoms with Crippen LogP contribution in [0, 0.1) is 17.2 Å². The number of benzene rings is 1. The molecule has 1 N–H and O–H groups in total. The Hall–Kier alpha value is -1.47. The highest BCUT2D eigenvalue weighted by molar-refractivity contribution is 8.14. The van der Waals surface area contributed by atoms with Gasteiger partial charge in [-0.2, -0.15) is 5.26 Å². The number of anilines is 1. The SMILES string of the molecule is CC1CCC2(CC1)CSC(Nc1ccc(CC#N)cc1)=N2. The van der Waals surface area contributed by atoms with Crippen molar-refractivity contribution < 1.29 is 0 Å². The summed E-state index contributed by atoms with van der Waals surface area (Å²) in [5.41, 5.74) is 2.31. The third-order valence-corrected chi connectivity index (χ3v) is 5.66. The van der Waals surface area contributed by atoms with Gasteiger partial charge in [0.2, 0.25) is 0 Å². The number of rotatable bonds is 2. The lowest BCUT2D eigenvalue weighted by Gasteiger charge is -2.32. The second-order valence-electron chi connectivity index (χ2n) is 6.27. The maximum atomic E-state index is 8.69. The molecule has 3 rings (SSSR count). The molecule has 0 amide bonds. The minimum absolute atomic E-state index is 0.195. The first-order chi connectivity index (χ1) is 10.2.